The van der Waals surface area contributed by atoms with Gasteiger partial charge in [0.05, 0.1) is 22.2 Å². The Kier molecular flexibility index (Phi) is 6.38. The van der Waals surface area contributed by atoms with E-state index in [1.807, 2.05) is 0 Å². The SMILES string of the molecule is C=CCOc1cccc(C2/C(=C(\O)c3ccncc3)C(=O)C(=O)N2c2nc(C)c(C(C)=O)s2)c1. The fourth-order valence-corrected chi connectivity index (χ4v) is 4.74. The highest BCUT2D eigenvalue weighted by molar-refractivity contribution is 7.18. The summed E-state index contributed by atoms with van der Waals surface area (Å²) in [6.45, 7) is 7.00. The normalized spacial score (nSPS) is 17.1. The summed E-state index contributed by atoms with van der Waals surface area (Å²) in [6.07, 6.45) is 4.56. The van der Waals surface area contributed by atoms with Gasteiger partial charge in [0.15, 0.2) is 10.9 Å². The van der Waals surface area contributed by atoms with Crippen LogP contribution >= 0.6 is 11.3 Å². The summed E-state index contributed by atoms with van der Waals surface area (Å²) >= 11 is 1.03. The van der Waals surface area contributed by atoms with E-state index in [1.165, 1.54) is 24.2 Å². The van der Waals surface area contributed by atoms with Crippen molar-refractivity contribution in [2.24, 2.45) is 0 Å². The molecule has 1 unspecified atom stereocenters. The van der Waals surface area contributed by atoms with E-state index < -0.39 is 17.7 Å². The van der Waals surface area contributed by atoms with Gasteiger partial charge in [0.2, 0.25) is 0 Å². The van der Waals surface area contributed by atoms with E-state index in [2.05, 4.69) is 16.5 Å². The van der Waals surface area contributed by atoms with Gasteiger partial charge < -0.3 is 9.84 Å². The monoisotopic (exact) mass is 475 g/mol. The summed E-state index contributed by atoms with van der Waals surface area (Å²) < 4.78 is 5.63. The zero-order valence-corrected chi connectivity index (χ0v) is 19.3. The third kappa shape index (κ3) is 4.13. The number of aromatic nitrogens is 2. The number of hydrogen-bond donors (Lipinski definition) is 1. The van der Waals surface area contributed by atoms with Crippen LogP contribution in [0.25, 0.3) is 5.76 Å². The van der Waals surface area contributed by atoms with Crippen LogP contribution in [0.2, 0.25) is 0 Å². The Balaban J connectivity index is 1.93. The number of nitrogens with zero attached hydrogens (tertiary/aromatic N) is 3. The maximum atomic E-state index is 13.2. The fourth-order valence-electron chi connectivity index (χ4n) is 3.75. The number of aliphatic hydroxyl groups excluding tert-OH is 1. The first kappa shape index (κ1) is 23.1. The first-order valence-corrected chi connectivity index (χ1v) is 11.2. The lowest BCUT2D eigenvalue weighted by molar-refractivity contribution is -0.132. The minimum absolute atomic E-state index is 0.0886. The number of aryl methyl sites for hydroxylation is 1. The molecule has 1 aliphatic rings. The van der Waals surface area contributed by atoms with Crippen molar-refractivity contribution in [3.8, 4) is 5.75 Å². The molecule has 1 N–H and O–H groups in total. The molecule has 1 fully saturated rings. The second-order valence-corrected chi connectivity index (χ2v) is 8.52. The topological polar surface area (TPSA) is 110 Å². The Morgan fingerprint density at radius 3 is 2.65 bits per heavy atom. The lowest BCUT2D eigenvalue weighted by atomic mass is 9.95. The molecule has 3 aromatic rings. The number of carbonyl (C=O) groups excluding carboxylic acids is 3. The molecule has 1 saturated heterocycles. The maximum Gasteiger partial charge on any atom is 0.301 e. The molecule has 0 bridgehead atoms. The van der Waals surface area contributed by atoms with Crippen LogP contribution in [0, 0.1) is 6.92 Å². The Morgan fingerprint density at radius 1 is 1.26 bits per heavy atom. The van der Waals surface area contributed by atoms with Gasteiger partial charge in [0.25, 0.3) is 5.78 Å². The Labute approximate surface area is 199 Å². The van der Waals surface area contributed by atoms with E-state index in [1.54, 1.807) is 49.4 Å². The quantitative estimate of drug-likeness (QED) is 0.179. The average Bonchev–Trinajstić information content (AvgIpc) is 3.35. The van der Waals surface area contributed by atoms with Crippen molar-refractivity contribution in [1.29, 1.82) is 0 Å². The number of pyridine rings is 1. The van der Waals surface area contributed by atoms with Gasteiger partial charge in [-0.15, -0.1) is 0 Å². The van der Waals surface area contributed by atoms with Crippen LogP contribution in [0.4, 0.5) is 5.13 Å². The first-order valence-electron chi connectivity index (χ1n) is 10.4. The molecule has 1 aromatic carbocycles. The second kappa shape index (κ2) is 9.40. The largest absolute Gasteiger partial charge is 0.507 e. The second-order valence-electron chi connectivity index (χ2n) is 7.54. The van der Waals surface area contributed by atoms with E-state index >= 15 is 0 Å². The maximum absolute atomic E-state index is 13.2. The van der Waals surface area contributed by atoms with Gasteiger partial charge in [-0.2, -0.15) is 0 Å². The predicted molar refractivity (Wildman–Crippen MR) is 128 cm³/mol. The minimum Gasteiger partial charge on any atom is -0.507 e. The standard InChI is InChI=1S/C25H21N3O5S/c1-4-12-33-18-7-5-6-17(13-18)20-19(21(30)16-8-10-26-11-9-16)22(31)24(32)28(20)25-27-14(2)23(34-25)15(3)29/h4-11,13,20,30H,1,12H2,2-3H3/b21-19+. The van der Waals surface area contributed by atoms with Crippen molar-refractivity contribution < 1.29 is 24.2 Å². The number of rotatable bonds is 7. The fraction of sp³-hybridized carbons (Fsp3) is 0.160. The van der Waals surface area contributed by atoms with Crippen molar-refractivity contribution in [3.05, 3.63) is 88.7 Å². The minimum atomic E-state index is -0.981. The van der Waals surface area contributed by atoms with Gasteiger partial charge in [-0.05, 0) is 36.8 Å². The molecule has 1 atom stereocenters. The summed E-state index contributed by atoms with van der Waals surface area (Å²) in [6, 6.07) is 9.01. The number of hydrogen-bond acceptors (Lipinski definition) is 8. The number of thiazole rings is 1. The molecule has 1 aliphatic heterocycles. The van der Waals surface area contributed by atoms with Crippen LogP contribution in [0.15, 0.2) is 67.0 Å². The summed E-state index contributed by atoms with van der Waals surface area (Å²) in [4.78, 5) is 48.4. The highest BCUT2D eigenvalue weighted by Gasteiger charge is 2.48. The number of ketones is 2. The van der Waals surface area contributed by atoms with Crippen LogP contribution in [0.5, 0.6) is 5.75 Å². The summed E-state index contributed by atoms with van der Waals surface area (Å²) in [5, 5.41) is 11.3. The Bertz CT molecular complexity index is 1330. The summed E-state index contributed by atoms with van der Waals surface area (Å²) in [5.74, 6) is -1.71. The lowest BCUT2D eigenvalue weighted by Gasteiger charge is -2.23. The first-order chi connectivity index (χ1) is 16.3. The van der Waals surface area contributed by atoms with Crippen LogP contribution in [0.1, 0.15) is 39.5 Å². The zero-order valence-electron chi connectivity index (χ0n) is 18.5. The van der Waals surface area contributed by atoms with E-state index in [9.17, 15) is 19.5 Å². The van der Waals surface area contributed by atoms with E-state index in [0.29, 0.717) is 27.4 Å². The van der Waals surface area contributed by atoms with E-state index in [0.717, 1.165) is 11.3 Å². The Morgan fingerprint density at radius 2 is 2.00 bits per heavy atom. The van der Waals surface area contributed by atoms with Crippen molar-refractivity contribution in [2.45, 2.75) is 19.9 Å². The molecule has 1 amide bonds. The zero-order chi connectivity index (χ0) is 24.4. The number of aliphatic hydroxyl groups is 1. The van der Waals surface area contributed by atoms with Crippen LogP contribution in [-0.2, 0) is 9.59 Å². The molecule has 3 heterocycles. The summed E-state index contributed by atoms with van der Waals surface area (Å²) in [7, 11) is 0. The van der Waals surface area contributed by atoms with E-state index in [4.69, 9.17) is 4.74 Å². The molecular formula is C25H21N3O5S. The third-order valence-corrected chi connectivity index (χ3v) is 6.51. The molecule has 34 heavy (non-hydrogen) atoms. The smallest absolute Gasteiger partial charge is 0.301 e. The molecule has 9 heteroatoms. The predicted octanol–water partition coefficient (Wildman–Crippen LogP) is 4.24. The third-order valence-electron chi connectivity index (χ3n) is 5.25. The Hall–Kier alpha value is -4.11. The molecule has 0 aliphatic carbocycles. The van der Waals surface area contributed by atoms with Crippen LogP contribution in [0.3, 0.4) is 0 Å². The highest BCUT2D eigenvalue weighted by Crippen LogP contribution is 2.44. The summed E-state index contributed by atoms with van der Waals surface area (Å²) in [5.41, 5.74) is 1.25. The number of carbonyl (C=O) groups is 3. The van der Waals surface area contributed by atoms with Crippen molar-refractivity contribution in [2.75, 3.05) is 11.5 Å². The number of anilines is 1. The average molecular weight is 476 g/mol. The number of Topliss-reactive ketones (excluding diaryl/α,β-unsaturated/α-hetero) is 2. The number of amides is 1. The molecule has 4 rings (SSSR count). The van der Waals surface area contributed by atoms with Gasteiger partial charge in [-0.3, -0.25) is 24.3 Å². The molecule has 0 saturated carbocycles. The van der Waals surface area contributed by atoms with Crippen LogP contribution in [-0.4, -0.2) is 39.2 Å². The lowest BCUT2D eigenvalue weighted by Crippen LogP contribution is -2.29. The van der Waals surface area contributed by atoms with Gasteiger partial charge >= 0.3 is 5.91 Å². The van der Waals surface area contributed by atoms with Crippen molar-refractivity contribution >= 4 is 39.7 Å². The molecule has 0 spiro atoms. The number of ether oxygens (including phenoxy) is 1. The van der Waals surface area contributed by atoms with Crippen molar-refractivity contribution in [1.82, 2.24) is 9.97 Å². The molecule has 8 nitrogen and oxygen atoms in total. The van der Waals surface area contributed by atoms with Gasteiger partial charge in [-0.1, -0.05) is 36.1 Å². The van der Waals surface area contributed by atoms with Gasteiger partial charge in [0.1, 0.15) is 18.1 Å². The molecule has 0 radical (unpaired) electrons. The number of benzene rings is 1. The molecule has 2 aromatic heterocycles. The molecular weight excluding hydrogens is 454 g/mol. The highest BCUT2D eigenvalue weighted by atomic mass is 32.1. The van der Waals surface area contributed by atoms with Gasteiger partial charge in [0, 0.05) is 24.9 Å². The molecule has 172 valence electrons. The van der Waals surface area contributed by atoms with Crippen LogP contribution < -0.4 is 9.64 Å². The van der Waals surface area contributed by atoms with E-state index in [-0.39, 0.29) is 28.9 Å². The van der Waals surface area contributed by atoms with Gasteiger partial charge in [-0.25, -0.2) is 4.98 Å². The van der Waals surface area contributed by atoms with Crippen molar-refractivity contribution in [3.63, 3.8) is 0 Å².